The maximum atomic E-state index is 5.25. The van der Waals surface area contributed by atoms with Gasteiger partial charge in [-0.05, 0) is 133 Å². The van der Waals surface area contributed by atoms with Crippen molar-refractivity contribution in [3.63, 3.8) is 0 Å². The number of rotatable bonds is 0. The SMILES string of the molecule is C#Cc1cc(C(C)(C)C)ccn1.C#Cc1cc(C(C)(C)C)ncn1.C#Cc1ccnc(C(C)(C)C)n1.C#Cc1nccc(C(C)(C)C)n1.Cc1cc(C(C)(C)C)ccn1.Cc1cccc(C(C)(C)C)n1.Cc1nccc(C(C)(C)C)n1.Cc1ncccc1C(C)(C)C. The minimum atomic E-state index is -0.0349. The van der Waals surface area contributed by atoms with E-state index in [1.807, 2.05) is 81.8 Å². The van der Waals surface area contributed by atoms with Crippen LogP contribution in [-0.4, -0.2) is 59.8 Å². The smallest absolute Gasteiger partial charge is 0.204 e. The predicted molar refractivity (Wildman–Crippen MR) is 385 cm³/mol. The minimum absolute atomic E-state index is 0.0349. The summed E-state index contributed by atoms with van der Waals surface area (Å²) in [5, 5.41) is 0. The van der Waals surface area contributed by atoms with Crippen LogP contribution in [0.15, 0.2) is 122 Å². The van der Waals surface area contributed by atoms with Crippen molar-refractivity contribution in [2.24, 2.45) is 0 Å². The Kier molecular flexibility index (Phi) is 31.5. The second kappa shape index (κ2) is 35.7. The Morgan fingerprint density at radius 3 is 1.20 bits per heavy atom. The molecule has 0 aliphatic heterocycles. The van der Waals surface area contributed by atoms with Crippen molar-refractivity contribution in [3.8, 4) is 49.4 Å². The third-order valence-corrected chi connectivity index (χ3v) is 13.2. The van der Waals surface area contributed by atoms with Gasteiger partial charge in [0.25, 0.3) is 0 Å². The summed E-state index contributed by atoms with van der Waals surface area (Å²) in [5.74, 6) is 12.0. The van der Waals surface area contributed by atoms with E-state index in [0.717, 1.165) is 51.5 Å². The molecule has 0 saturated heterocycles. The van der Waals surface area contributed by atoms with E-state index in [-0.39, 0.29) is 43.3 Å². The van der Waals surface area contributed by atoms with Gasteiger partial charge in [0.15, 0.2) is 0 Å². The summed E-state index contributed by atoms with van der Waals surface area (Å²) in [7, 11) is 0. The molecule has 0 aliphatic rings. The molecule has 0 radical (unpaired) electrons. The Labute approximate surface area is 557 Å². The zero-order valence-corrected chi connectivity index (χ0v) is 61.2. The van der Waals surface area contributed by atoms with Crippen LogP contribution in [0.3, 0.4) is 0 Å². The van der Waals surface area contributed by atoms with Gasteiger partial charge in [-0.1, -0.05) is 196 Å². The molecular weight excluding hydrogens is 1130 g/mol. The van der Waals surface area contributed by atoms with E-state index in [0.29, 0.717) is 22.9 Å². The average Bonchev–Trinajstić information content (AvgIpc) is 1.30. The van der Waals surface area contributed by atoms with E-state index < -0.39 is 0 Å². The van der Waals surface area contributed by atoms with Crippen LogP contribution in [0, 0.1) is 77.1 Å². The number of aromatic nitrogens is 12. The van der Waals surface area contributed by atoms with Crippen LogP contribution in [0.2, 0.25) is 0 Å². The first-order chi connectivity index (χ1) is 42.2. The van der Waals surface area contributed by atoms with Crippen LogP contribution >= 0.6 is 0 Å². The highest BCUT2D eigenvalue weighted by molar-refractivity contribution is 5.32. The van der Waals surface area contributed by atoms with E-state index >= 15 is 0 Å². The molecule has 0 bridgehead atoms. The second-order valence-electron chi connectivity index (χ2n) is 30.3. The third-order valence-electron chi connectivity index (χ3n) is 13.2. The van der Waals surface area contributed by atoms with Crippen LogP contribution in [0.1, 0.15) is 257 Å². The van der Waals surface area contributed by atoms with Crippen molar-refractivity contribution in [1.29, 1.82) is 0 Å². The normalized spacial score (nSPS) is 11.2. The van der Waals surface area contributed by atoms with Crippen LogP contribution in [-0.2, 0) is 43.3 Å². The van der Waals surface area contributed by atoms with E-state index in [4.69, 9.17) is 25.7 Å². The molecule has 8 heterocycles. The van der Waals surface area contributed by atoms with E-state index in [9.17, 15) is 0 Å². The molecule has 12 nitrogen and oxygen atoms in total. The molecule has 0 saturated carbocycles. The Morgan fingerprint density at radius 1 is 0.304 bits per heavy atom. The summed E-state index contributed by atoms with van der Waals surface area (Å²) >= 11 is 0. The first-order valence-electron chi connectivity index (χ1n) is 31.1. The molecule has 0 fully saturated rings. The standard InChI is InChI=1S/C11H13N.3C10H12N2.3C10H15N.C9H14N2/c1-5-10-8-9(6-7-12-10)11(2,3)4;1-5-8-6-9(10(2,3)4)12-7-11-8;1-5-9-11-7-6-8(12-9)10(2,3)4;1-5-8-6-7-11-9(12-8)10(2,3)4;1-8-7-9(5-6-11-8)10(2,3)4;1-8-9(10(2,3)4)6-5-7-11-8;1-8-6-5-7-9(11-8)10(2,3)4;1-7-10-6-5-8(11-7)9(2,3)4/h1,6-8H,2-4H3;3*1,6-7H,2-4H3;3*5-7H,1-4H3;5-6H,1-4H3. The quantitative estimate of drug-likeness (QED) is 0.133. The zero-order chi connectivity index (χ0) is 70.7. The lowest BCUT2D eigenvalue weighted by molar-refractivity contribution is 0.544. The van der Waals surface area contributed by atoms with Crippen molar-refractivity contribution in [3.05, 3.63) is 213 Å². The van der Waals surface area contributed by atoms with Gasteiger partial charge in [0.05, 0.1) is 11.4 Å². The van der Waals surface area contributed by atoms with Gasteiger partial charge in [-0.3, -0.25) is 15.0 Å². The van der Waals surface area contributed by atoms with Crippen molar-refractivity contribution >= 4 is 0 Å². The topological polar surface area (TPSA) is 155 Å². The largest absolute Gasteiger partial charge is 0.262 e. The number of hydrogen-bond donors (Lipinski definition) is 0. The summed E-state index contributed by atoms with van der Waals surface area (Å²) in [6, 6.07) is 25.9. The third kappa shape index (κ3) is 31.8. The molecule has 8 rings (SSSR count). The molecule has 0 spiro atoms. The Bertz CT molecular complexity index is 3310. The first-order valence-corrected chi connectivity index (χ1v) is 31.1. The zero-order valence-electron chi connectivity index (χ0n) is 61.2. The van der Waals surface area contributed by atoms with Gasteiger partial charge in [-0.2, -0.15) is 0 Å². The summed E-state index contributed by atoms with van der Waals surface area (Å²) in [6.07, 6.45) is 33.1. The monoisotopic (exact) mass is 1240 g/mol. The Balaban J connectivity index is 0.000000526. The number of aryl methyl sites for hydroxylation is 4. The van der Waals surface area contributed by atoms with E-state index in [2.05, 4.69) is 287 Å². The van der Waals surface area contributed by atoms with Crippen molar-refractivity contribution in [1.82, 2.24) is 59.8 Å². The van der Waals surface area contributed by atoms with Gasteiger partial charge >= 0.3 is 0 Å². The Morgan fingerprint density at radius 2 is 0.783 bits per heavy atom. The van der Waals surface area contributed by atoms with Crippen LogP contribution < -0.4 is 0 Å². The van der Waals surface area contributed by atoms with Crippen LogP contribution in [0.4, 0.5) is 0 Å². The molecule has 8 aromatic rings. The highest BCUT2D eigenvalue weighted by Crippen LogP contribution is 2.26. The molecule has 92 heavy (non-hydrogen) atoms. The molecule has 12 heteroatoms. The van der Waals surface area contributed by atoms with Gasteiger partial charge in [-0.25, -0.2) is 44.9 Å². The van der Waals surface area contributed by atoms with Gasteiger partial charge < -0.3 is 0 Å². The molecule has 0 aliphatic carbocycles. The molecule has 0 N–H and O–H groups in total. The summed E-state index contributed by atoms with van der Waals surface area (Å²) in [5.41, 5.74) is 14.4. The van der Waals surface area contributed by atoms with Gasteiger partial charge in [0, 0.05) is 92.7 Å². The summed E-state index contributed by atoms with van der Waals surface area (Å²) in [6.45, 7) is 59.4. The Hall–Kier alpha value is -8.84. The highest BCUT2D eigenvalue weighted by Gasteiger charge is 2.20. The molecule has 0 aromatic carbocycles. The summed E-state index contributed by atoms with van der Waals surface area (Å²) in [4.78, 5) is 49.8. The van der Waals surface area contributed by atoms with Gasteiger partial charge in [0.1, 0.15) is 35.1 Å². The van der Waals surface area contributed by atoms with Crippen LogP contribution in [0.25, 0.3) is 0 Å². The first kappa shape index (κ1) is 81.2. The average molecular weight is 1240 g/mol. The second-order valence-corrected chi connectivity index (χ2v) is 30.3. The van der Waals surface area contributed by atoms with Gasteiger partial charge in [0.2, 0.25) is 5.82 Å². The fourth-order valence-corrected chi connectivity index (χ4v) is 7.59. The van der Waals surface area contributed by atoms with Crippen LogP contribution in [0.5, 0.6) is 0 Å². The molecular formula is C80H108N12. The molecule has 8 aromatic heterocycles. The lowest BCUT2D eigenvalue weighted by atomic mass is 9.86. The van der Waals surface area contributed by atoms with Crippen molar-refractivity contribution in [2.45, 2.75) is 237 Å². The van der Waals surface area contributed by atoms with Gasteiger partial charge in [-0.15, -0.1) is 25.7 Å². The molecule has 0 unspecified atom stereocenters. The fraction of sp³-hybridized carbons (Fsp3) is 0.450. The highest BCUT2D eigenvalue weighted by atomic mass is 14.9. The maximum absolute atomic E-state index is 5.25. The molecule has 488 valence electrons. The van der Waals surface area contributed by atoms with E-state index in [1.54, 1.807) is 24.7 Å². The molecule has 0 amide bonds. The maximum Gasteiger partial charge on any atom is 0.204 e. The number of hydrogen-bond acceptors (Lipinski definition) is 12. The van der Waals surface area contributed by atoms with E-state index in [1.165, 1.54) is 23.0 Å². The number of terminal acetylenes is 4. The summed E-state index contributed by atoms with van der Waals surface area (Å²) < 4.78 is 0. The number of pyridine rings is 4. The predicted octanol–water partition coefficient (Wildman–Crippen LogP) is 17.8. The molecule has 0 atom stereocenters. The number of nitrogens with zero attached hydrogens (tertiary/aromatic N) is 12. The van der Waals surface area contributed by atoms with Crippen molar-refractivity contribution < 1.29 is 0 Å². The van der Waals surface area contributed by atoms with Crippen molar-refractivity contribution in [2.75, 3.05) is 0 Å². The minimum Gasteiger partial charge on any atom is -0.262 e. The fourth-order valence-electron chi connectivity index (χ4n) is 7.59. The lowest BCUT2D eigenvalue weighted by Gasteiger charge is -2.20. The lowest BCUT2D eigenvalue weighted by Crippen LogP contribution is -2.16.